The van der Waals surface area contributed by atoms with Gasteiger partial charge in [0.25, 0.3) is 5.69 Å². The van der Waals surface area contributed by atoms with Gasteiger partial charge < -0.3 is 0 Å². The SMILES string of the molecule is N#CCCCc1ccc([N+](=O)[O-])cc1. The zero-order chi connectivity index (χ0) is 10.4. The van der Waals surface area contributed by atoms with Crippen molar-refractivity contribution in [2.24, 2.45) is 0 Å². The summed E-state index contributed by atoms with van der Waals surface area (Å²) in [5, 5.41) is 18.7. The molecule has 0 aliphatic rings. The summed E-state index contributed by atoms with van der Waals surface area (Å²) in [5.74, 6) is 0. The first-order chi connectivity index (χ1) is 6.74. The first-order valence-corrected chi connectivity index (χ1v) is 4.34. The molecule has 0 N–H and O–H groups in total. The van der Waals surface area contributed by atoms with Crippen LogP contribution in [-0.4, -0.2) is 4.92 Å². The molecule has 0 unspecified atom stereocenters. The molecule has 0 aliphatic heterocycles. The lowest BCUT2D eigenvalue weighted by Crippen LogP contribution is -1.89. The van der Waals surface area contributed by atoms with Gasteiger partial charge in [-0.3, -0.25) is 10.1 Å². The summed E-state index contributed by atoms with van der Waals surface area (Å²) in [7, 11) is 0. The van der Waals surface area contributed by atoms with Crippen LogP contribution in [0.5, 0.6) is 0 Å². The summed E-state index contributed by atoms with van der Waals surface area (Å²) in [4.78, 5) is 9.92. The summed E-state index contributed by atoms with van der Waals surface area (Å²) in [6.45, 7) is 0. The van der Waals surface area contributed by atoms with Crippen LogP contribution in [0, 0.1) is 21.4 Å². The van der Waals surface area contributed by atoms with Gasteiger partial charge in [0.15, 0.2) is 0 Å². The van der Waals surface area contributed by atoms with Crippen LogP contribution in [0.2, 0.25) is 0 Å². The molecule has 0 amide bonds. The maximum Gasteiger partial charge on any atom is 0.269 e. The van der Waals surface area contributed by atoms with Crippen LogP contribution in [0.4, 0.5) is 5.69 Å². The van der Waals surface area contributed by atoms with Crippen LogP contribution in [0.3, 0.4) is 0 Å². The Morgan fingerprint density at radius 2 is 2.00 bits per heavy atom. The Kier molecular flexibility index (Phi) is 3.62. The van der Waals surface area contributed by atoms with Gasteiger partial charge in [0.2, 0.25) is 0 Å². The van der Waals surface area contributed by atoms with E-state index in [1.807, 2.05) is 0 Å². The van der Waals surface area contributed by atoms with E-state index in [0.29, 0.717) is 6.42 Å². The van der Waals surface area contributed by atoms with Crippen molar-refractivity contribution in [1.82, 2.24) is 0 Å². The Bertz CT molecular complexity index is 351. The topological polar surface area (TPSA) is 66.9 Å². The molecular formula is C10H10N2O2. The zero-order valence-corrected chi connectivity index (χ0v) is 7.64. The van der Waals surface area contributed by atoms with Gasteiger partial charge >= 0.3 is 0 Å². The standard InChI is InChI=1S/C10H10N2O2/c11-8-2-1-3-9-4-6-10(7-5-9)12(13)14/h4-7H,1-3H2. The van der Waals surface area contributed by atoms with Crippen molar-refractivity contribution < 1.29 is 4.92 Å². The van der Waals surface area contributed by atoms with Gasteiger partial charge in [-0.05, 0) is 18.4 Å². The highest BCUT2D eigenvalue weighted by atomic mass is 16.6. The van der Waals surface area contributed by atoms with E-state index < -0.39 is 4.92 Å². The number of nitriles is 1. The molecule has 4 heteroatoms. The molecule has 0 saturated heterocycles. The van der Waals surface area contributed by atoms with Crippen molar-refractivity contribution >= 4 is 5.69 Å². The molecule has 0 radical (unpaired) electrons. The van der Waals surface area contributed by atoms with Gasteiger partial charge in [-0.2, -0.15) is 5.26 Å². The fourth-order valence-corrected chi connectivity index (χ4v) is 1.16. The van der Waals surface area contributed by atoms with E-state index >= 15 is 0 Å². The number of hydrogen-bond donors (Lipinski definition) is 0. The van der Waals surface area contributed by atoms with Crippen molar-refractivity contribution in [3.63, 3.8) is 0 Å². The van der Waals surface area contributed by atoms with Gasteiger partial charge in [0.05, 0.1) is 11.0 Å². The minimum atomic E-state index is -0.418. The number of aryl methyl sites for hydroxylation is 1. The van der Waals surface area contributed by atoms with E-state index in [0.717, 1.165) is 18.4 Å². The Morgan fingerprint density at radius 1 is 1.36 bits per heavy atom. The monoisotopic (exact) mass is 190 g/mol. The third-order valence-electron chi connectivity index (χ3n) is 1.90. The summed E-state index contributed by atoms with van der Waals surface area (Å²) in [6.07, 6.45) is 2.12. The number of non-ortho nitro benzene ring substituents is 1. The number of nitrogens with zero attached hydrogens (tertiary/aromatic N) is 2. The number of unbranched alkanes of at least 4 members (excludes halogenated alkanes) is 1. The Balaban J connectivity index is 2.56. The smallest absolute Gasteiger partial charge is 0.258 e. The molecule has 1 rings (SSSR count). The first kappa shape index (κ1) is 10.2. The molecule has 0 bridgehead atoms. The molecule has 72 valence electrons. The summed E-state index contributed by atoms with van der Waals surface area (Å²) < 4.78 is 0. The summed E-state index contributed by atoms with van der Waals surface area (Å²) in [6, 6.07) is 8.50. The van der Waals surface area contributed by atoms with E-state index in [2.05, 4.69) is 6.07 Å². The Labute approximate surface area is 81.9 Å². The van der Waals surface area contributed by atoms with E-state index in [9.17, 15) is 10.1 Å². The quantitative estimate of drug-likeness (QED) is 0.416. The lowest BCUT2D eigenvalue weighted by Gasteiger charge is -1.97. The highest BCUT2D eigenvalue weighted by Crippen LogP contribution is 2.13. The predicted molar refractivity (Wildman–Crippen MR) is 51.6 cm³/mol. The van der Waals surface area contributed by atoms with Crippen LogP contribution < -0.4 is 0 Å². The van der Waals surface area contributed by atoms with Crippen molar-refractivity contribution in [2.45, 2.75) is 19.3 Å². The third kappa shape index (κ3) is 2.87. The number of hydrogen-bond acceptors (Lipinski definition) is 3. The Morgan fingerprint density at radius 3 is 2.50 bits per heavy atom. The summed E-state index contributed by atoms with van der Waals surface area (Å²) in [5.41, 5.74) is 1.14. The van der Waals surface area contributed by atoms with Gasteiger partial charge in [0.1, 0.15) is 0 Å². The molecule has 0 aliphatic carbocycles. The van der Waals surface area contributed by atoms with E-state index in [1.54, 1.807) is 12.1 Å². The number of benzene rings is 1. The minimum Gasteiger partial charge on any atom is -0.258 e. The van der Waals surface area contributed by atoms with Crippen LogP contribution in [0.15, 0.2) is 24.3 Å². The summed E-state index contributed by atoms with van der Waals surface area (Å²) >= 11 is 0. The maximum atomic E-state index is 10.3. The first-order valence-electron chi connectivity index (χ1n) is 4.34. The molecule has 0 saturated carbocycles. The highest BCUT2D eigenvalue weighted by molar-refractivity contribution is 5.32. The second-order valence-electron chi connectivity index (χ2n) is 2.94. The molecule has 0 spiro atoms. The molecule has 0 aromatic heterocycles. The largest absolute Gasteiger partial charge is 0.269 e. The number of rotatable bonds is 4. The third-order valence-corrected chi connectivity index (χ3v) is 1.90. The second-order valence-corrected chi connectivity index (χ2v) is 2.94. The maximum absolute atomic E-state index is 10.3. The minimum absolute atomic E-state index is 0.106. The Hall–Kier alpha value is -1.89. The molecule has 0 heterocycles. The molecule has 4 nitrogen and oxygen atoms in total. The molecule has 0 fully saturated rings. The van der Waals surface area contributed by atoms with E-state index in [-0.39, 0.29) is 5.69 Å². The van der Waals surface area contributed by atoms with E-state index in [4.69, 9.17) is 5.26 Å². The average Bonchev–Trinajstić information content (AvgIpc) is 2.19. The van der Waals surface area contributed by atoms with E-state index in [1.165, 1.54) is 12.1 Å². The highest BCUT2D eigenvalue weighted by Gasteiger charge is 2.03. The zero-order valence-electron chi connectivity index (χ0n) is 7.64. The van der Waals surface area contributed by atoms with Gasteiger partial charge in [0, 0.05) is 18.6 Å². The van der Waals surface area contributed by atoms with Gasteiger partial charge in [-0.25, -0.2) is 0 Å². The lowest BCUT2D eigenvalue weighted by atomic mass is 10.1. The van der Waals surface area contributed by atoms with Crippen molar-refractivity contribution in [3.05, 3.63) is 39.9 Å². The van der Waals surface area contributed by atoms with Crippen molar-refractivity contribution in [1.29, 1.82) is 5.26 Å². The van der Waals surface area contributed by atoms with Crippen LogP contribution in [0.1, 0.15) is 18.4 Å². The van der Waals surface area contributed by atoms with Gasteiger partial charge in [-0.1, -0.05) is 12.1 Å². The van der Waals surface area contributed by atoms with Crippen molar-refractivity contribution in [2.75, 3.05) is 0 Å². The van der Waals surface area contributed by atoms with Crippen molar-refractivity contribution in [3.8, 4) is 6.07 Å². The van der Waals surface area contributed by atoms with Gasteiger partial charge in [-0.15, -0.1) is 0 Å². The predicted octanol–water partition coefficient (Wildman–Crippen LogP) is 2.44. The fourth-order valence-electron chi connectivity index (χ4n) is 1.16. The molecule has 1 aromatic carbocycles. The lowest BCUT2D eigenvalue weighted by molar-refractivity contribution is -0.384. The van der Waals surface area contributed by atoms with Crippen LogP contribution >= 0.6 is 0 Å². The van der Waals surface area contributed by atoms with Crippen LogP contribution in [-0.2, 0) is 6.42 Å². The normalized spacial score (nSPS) is 9.36. The van der Waals surface area contributed by atoms with Crippen LogP contribution in [0.25, 0.3) is 0 Å². The average molecular weight is 190 g/mol. The molecule has 1 aromatic rings. The molecule has 0 atom stereocenters. The second kappa shape index (κ2) is 4.97. The molecule has 14 heavy (non-hydrogen) atoms. The number of nitro benzene ring substituents is 1. The molecular weight excluding hydrogens is 180 g/mol. The fraction of sp³-hybridized carbons (Fsp3) is 0.300. The number of nitro groups is 1.